The highest BCUT2D eigenvalue weighted by Crippen LogP contribution is 2.44. The minimum absolute atomic E-state index is 0. The fourth-order valence-electron chi connectivity index (χ4n) is 4.90. The molecule has 2 aromatic carbocycles. The van der Waals surface area contributed by atoms with E-state index in [-0.39, 0.29) is 43.0 Å². The lowest BCUT2D eigenvalue weighted by molar-refractivity contribution is -0.140. The van der Waals surface area contributed by atoms with Crippen molar-refractivity contribution in [2.24, 2.45) is 0 Å². The molecule has 4 aliphatic rings. The van der Waals surface area contributed by atoms with Gasteiger partial charge in [-0.25, -0.2) is 0 Å². The Morgan fingerprint density at radius 1 is 0.800 bits per heavy atom. The molecule has 0 amide bonds. The topological polar surface area (TPSA) is 106 Å². The summed E-state index contributed by atoms with van der Waals surface area (Å²) < 4.78 is 37.8. The third-order valence-corrected chi connectivity index (χ3v) is 6.49. The molecular weight excluding hydrogens is 563 g/mol. The number of halogens is 2. The molecule has 10 nitrogen and oxygen atoms in total. The normalized spacial score (nSPS) is 18.7. The van der Waals surface area contributed by atoms with Crippen LogP contribution >= 0.6 is 24.8 Å². The predicted octanol–water partition coefficient (Wildman–Crippen LogP) is 3.91. The summed E-state index contributed by atoms with van der Waals surface area (Å²) in [6.07, 6.45) is 2.05. The van der Waals surface area contributed by atoms with Gasteiger partial charge in [0.15, 0.2) is 23.0 Å². The number of hydrogen-bond acceptors (Lipinski definition) is 10. The number of fused-ring (bicyclic) bond motifs is 6. The maximum Gasteiger partial charge on any atom is 0.302 e. The minimum Gasteiger partial charge on any atom is -0.466 e. The van der Waals surface area contributed by atoms with Gasteiger partial charge in [0.1, 0.15) is 0 Å². The van der Waals surface area contributed by atoms with Crippen molar-refractivity contribution in [3.8, 4) is 23.0 Å². The van der Waals surface area contributed by atoms with E-state index in [2.05, 4.69) is 27.5 Å². The third-order valence-electron chi connectivity index (χ3n) is 6.49. The van der Waals surface area contributed by atoms with Gasteiger partial charge < -0.3 is 43.8 Å². The van der Waals surface area contributed by atoms with Crippen LogP contribution in [0.2, 0.25) is 0 Å². The van der Waals surface area contributed by atoms with Crippen LogP contribution in [-0.4, -0.2) is 66.6 Å². The molecule has 0 unspecified atom stereocenters. The molecule has 2 N–H and O–H groups in total. The summed E-state index contributed by atoms with van der Waals surface area (Å²) in [6, 6.07) is 8.22. The second-order valence-corrected chi connectivity index (χ2v) is 9.00. The molecule has 224 valence electrons. The summed E-state index contributed by atoms with van der Waals surface area (Å²) in [5, 5.41) is 6.30. The van der Waals surface area contributed by atoms with E-state index in [9.17, 15) is 4.79 Å². The SMILES string of the molecule is CCOC(C)=O.CNC[C@@H]1OCCc2ccc3c(c21)OCO3.CNC[C@@H]1OCCc2ccc3c(c21)OCO3.Cl.Cl. The zero-order chi connectivity index (χ0) is 26.9. The van der Waals surface area contributed by atoms with Crippen LogP contribution < -0.4 is 29.6 Å². The molecule has 40 heavy (non-hydrogen) atoms. The molecule has 0 aromatic heterocycles. The molecular formula is C28H40Cl2N2O8. The number of likely N-dealkylation sites (N-methyl/N-ethyl adjacent to an activating group) is 2. The van der Waals surface area contributed by atoms with Gasteiger partial charge in [0, 0.05) is 31.1 Å². The van der Waals surface area contributed by atoms with Gasteiger partial charge in [-0.1, -0.05) is 12.1 Å². The van der Waals surface area contributed by atoms with E-state index < -0.39 is 0 Å². The average molecular weight is 604 g/mol. The monoisotopic (exact) mass is 602 g/mol. The third kappa shape index (κ3) is 8.05. The summed E-state index contributed by atoms with van der Waals surface area (Å²) in [5.74, 6) is 3.21. The summed E-state index contributed by atoms with van der Waals surface area (Å²) >= 11 is 0. The molecule has 0 aliphatic carbocycles. The number of hydrogen-bond donors (Lipinski definition) is 2. The number of carbonyl (C=O) groups excluding carboxylic acids is 1. The van der Waals surface area contributed by atoms with Crippen molar-refractivity contribution in [2.45, 2.75) is 38.9 Å². The second kappa shape index (κ2) is 16.7. The van der Waals surface area contributed by atoms with Gasteiger partial charge >= 0.3 is 5.97 Å². The van der Waals surface area contributed by atoms with Crippen molar-refractivity contribution >= 4 is 30.8 Å². The van der Waals surface area contributed by atoms with Gasteiger partial charge in [0.05, 0.1) is 32.0 Å². The highest BCUT2D eigenvalue weighted by Gasteiger charge is 2.30. The molecule has 0 fully saturated rings. The van der Waals surface area contributed by atoms with Gasteiger partial charge in [-0.05, 0) is 57.1 Å². The second-order valence-electron chi connectivity index (χ2n) is 9.00. The van der Waals surface area contributed by atoms with Gasteiger partial charge in [-0.2, -0.15) is 0 Å². The Labute approximate surface area is 248 Å². The summed E-state index contributed by atoms with van der Waals surface area (Å²) in [5.41, 5.74) is 4.96. The van der Waals surface area contributed by atoms with Crippen LogP contribution in [0.1, 0.15) is 48.3 Å². The molecule has 4 aliphatic heterocycles. The molecule has 0 spiro atoms. The van der Waals surface area contributed by atoms with Crippen molar-refractivity contribution in [1.82, 2.24) is 10.6 Å². The maximum atomic E-state index is 9.82. The van der Waals surface area contributed by atoms with E-state index in [1.807, 2.05) is 26.2 Å². The first-order valence-electron chi connectivity index (χ1n) is 13.1. The van der Waals surface area contributed by atoms with Crippen molar-refractivity contribution < 1.29 is 38.0 Å². The molecule has 0 saturated carbocycles. The Morgan fingerprint density at radius 3 is 1.60 bits per heavy atom. The Balaban J connectivity index is 0.000000225. The Hall–Kier alpha value is -2.47. The number of benzene rings is 2. The van der Waals surface area contributed by atoms with E-state index in [0.29, 0.717) is 20.2 Å². The molecule has 2 atom stereocenters. The predicted molar refractivity (Wildman–Crippen MR) is 155 cm³/mol. The Bertz CT molecular complexity index is 1030. The molecule has 2 aromatic rings. The largest absolute Gasteiger partial charge is 0.466 e. The number of carbonyl (C=O) groups is 1. The number of rotatable bonds is 5. The van der Waals surface area contributed by atoms with Crippen LogP contribution in [-0.2, 0) is 31.8 Å². The van der Waals surface area contributed by atoms with Crippen LogP contribution in [0.5, 0.6) is 23.0 Å². The van der Waals surface area contributed by atoms with Crippen LogP contribution in [0, 0.1) is 0 Å². The lowest BCUT2D eigenvalue weighted by Gasteiger charge is -2.26. The lowest BCUT2D eigenvalue weighted by atomic mass is 9.96. The summed E-state index contributed by atoms with van der Waals surface area (Å²) in [4.78, 5) is 9.82. The van der Waals surface area contributed by atoms with Gasteiger partial charge in [-0.15, -0.1) is 24.8 Å². The van der Waals surface area contributed by atoms with Gasteiger partial charge in [0.2, 0.25) is 13.6 Å². The van der Waals surface area contributed by atoms with Crippen molar-refractivity contribution in [2.75, 3.05) is 60.6 Å². The summed E-state index contributed by atoms with van der Waals surface area (Å²) in [6.45, 7) is 7.44. The Morgan fingerprint density at radius 2 is 1.25 bits per heavy atom. The van der Waals surface area contributed by atoms with E-state index in [1.165, 1.54) is 18.1 Å². The fraction of sp³-hybridized carbons (Fsp3) is 0.536. The zero-order valence-corrected chi connectivity index (χ0v) is 25.0. The first-order valence-corrected chi connectivity index (χ1v) is 13.1. The fourth-order valence-corrected chi connectivity index (χ4v) is 4.90. The highest BCUT2D eigenvalue weighted by atomic mass is 35.5. The smallest absolute Gasteiger partial charge is 0.302 e. The highest BCUT2D eigenvalue weighted by molar-refractivity contribution is 5.85. The average Bonchev–Trinajstić information content (AvgIpc) is 3.60. The van der Waals surface area contributed by atoms with Crippen LogP contribution in [0.25, 0.3) is 0 Å². The van der Waals surface area contributed by atoms with Crippen molar-refractivity contribution in [1.29, 1.82) is 0 Å². The van der Waals surface area contributed by atoms with E-state index in [4.69, 9.17) is 28.4 Å². The molecule has 4 heterocycles. The van der Waals surface area contributed by atoms with Crippen LogP contribution in [0.4, 0.5) is 0 Å². The van der Waals surface area contributed by atoms with Gasteiger partial charge in [-0.3, -0.25) is 4.79 Å². The summed E-state index contributed by atoms with van der Waals surface area (Å²) in [7, 11) is 3.86. The first kappa shape index (κ1) is 33.7. The first-order chi connectivity index (χ1) is 18.6. The standard InChI is InChI=1S/2C12H15NO3.C4H8O2.2ClH/c2*1-13-6-10-11-8(4-5-14-10)2-3-9-12(11)16-7-15-9;1-3-6-4(2)5;;/h2*2-3,10,13H,4-7H2,1H3;3H2,1-2H3;2*1H/t2*10-;;;/m00.../s1. The van der Waals surface area contributed by atoms with Crippen LogP contribution in [0.3, 0.4) is 0 Å². The number of esters is 1. The molecule has 0 saturated heterocycles. The number of ether oxygens (including phenoxy) is 7. The van der Waals surface area contributed by atoms with E-state index in [0.717, 1.165) is 73.3 Å². The zero-order valence-electron chi connectivity index (χ0n) is 23.4. The van der Waals surface area contributed by atoms with E-state index >= 15 is 0 Å². The molecule has 0 radical (unpaired) electrons. The van der Waals surface area contributed by atoms with Crippen molar-refractivity contribution in [3.05, 3.63) is 46.5 Å². The number of nitrogens with one attached hydrogen (secondary N) is 2. The molecule has 12 heteroatoms. The lowest BCUT2D eigenvalue weighted by Crippen LogP contribution is -2.25. The molecule has 0 bridgehead atoms. The Kier molecular flexibility index (Phi) is 14.1. The van der Waals surface area contributed by atoms with Crippen molar-refractivity contribution in [3.63, 3.8) is 0 Å². The van der Waals surface area contributed by atoms with Crippen LogP contribution in [0.15, 0.2) is 24.3 Å². The van der Waals surface area contributed by atoms with E-state index in [1.54, 1.807) is 6.92 Å². The minimum atomic E-state index is -0.211. The molecule has 6 rings (SSSR count). The van der Waals surface area contributed by atoms with Gasteiger partial charge in [0.25, 0.3) is 0 Å². The quantitative estimate of drug-likeness (QED) is 0.489. The maximum absolute atomic E-state index is 9.82.